The highest BCUT2D eigenvalue weighted by Gasteiger charge is 2.22. The molecule has 6 heteroatoms. The molecule has 3 amide bonds. The van der Waals surface area contributed by atoms with Gasteiger partial charge in [-0.15, -0.1) is 0 Å². The molecule has 154 valence electrons. The quantitative estimate of drug-likeness (QED) is 0.676. The van der Waals surface area contributed by atoms with Gasteiger partial charge in [0.1, 0.15) is 0 Å². The van der Waals surface area contributed by atoms with E-state index >= 15 is 0 Å². The zero-order valence-electron chi connectivity index (χ0n) is 17.0. The van der Waals surface area contributed by atoms with E-state index in [-0.39, 0.29) is 18.0 Å². The Morgan fingerprint density at radius 1 is 1.00 bits per heavy atom. The molecule has 2 aromatic rings. The topological polar surface area (TPSA) is 73.5 Å². The Labute approximate surface area is 172 Å². The van der Waals surface area contributed by atoms with Gasteiger partial charge < -0.3 is 16.0 Å². The van der Waals surface area contributed by atoms with Crippen molar-refractivity contribution >= 4 is 17.6 Å². The van der Waals surface area contributed by atoms with Crippen molar-refractivity contribution in [3.8, 4) is 0 Å². The van der Waals surface area contributed by atoms with Gasteiger partial charge in [-0.25, -0.2) is 4.79 Å². The van der Waals surface area contributed by atoms with Crippen LogP contribution < -0.4 is 16.0 Å². The number of amides is 3. The maximum absolute atomic E-state index is 12.2. The third-order valence-electron chi connectivity index (χ3n) is 5.29. The SMILES string of the molecule is Cc1ccccc1CCNC(=O)NC1CCN(CC(=O)Nc2ccccc2)CC1. The van der Waals surface area contributed by atoms with Crippen molar-refractivity contribution < 1.29 is 9.59 Å². The molecule has 0 saturated carbocycles. The van der Waals surface area contributed by atoms with E-state index in [1.807, 2.05) is 42.5 Å². The maximum Gasteiger partial charge on any atom is 0.315 e. The van der Waals surface area contributed by atoms with Gasteiger partial charge in [0.2, 0.25) is 5.91 Å². The minimum Gasteiger partial charge on any atom is -0.338 e. The van der Waals surface area contributed by atoms with Crippen molar-refractivity contribution in [2.24, 2.45) is 0 Å². The van der Waals surface area contributed by atoms with Crippen LogP contribution in [0.2, 0.25) is 0 Å². The number of anilines is 1. The lowest BCUT2D eigenvalue weighted by Gasteiger charge is -2.31. The lowest BCUT2D eigenvalue weighted by Crippen LogP contribution is -2.49. The highest BCUT2D eigenvalue weighted by atomic mass is 16.2. The summed E-state index contributed by atoms with van der Waals surface area (Å²) in [4.78, 5) is 26.4. The van der Waals surface area contributed by atoms with Crippen LogP contribution >= 0.6 is 0 Å². The van der Waals surface area contributed by atoms with E-state index in [9.17, 15) is 9.59 Å². The molecule has 0 aromatic heterocycles. The Morgan fingerprint density at radius 2 is 1.69 bits per heavy atom. The monoisotopic (exact) mass is 394 g/mol. The molecule has 0 unspecified atom stereocenters. The van der Waals surface area contributed by atoms with Gasteiger partial charge in [-0.1, -0.05) is 42.5 Å². The second-order valence-electron chi connectivity index (χ2n) is 7.54. The van der Waals surface area contributed by atoms with E-state index in [0.29, 0.717) is 13.1 Å². The number of hydrogen-bond donors (Lipinski definition) is 3. The number of carbonyl (C=O) groups is 2. The standard InChI is InChI=1S/C23H30N4O2/c1-18-7-5-6-8-19(18)11-14-24-23(29)26-21-12-15-27(16-13-21)17-22(28)25-20-9-3-2-4-10-20/h2-10,21H,11-17H2,1H3,(H,25,28)(H2,24,26,29). The van der Waals surface area contributed by atoms with Gasteiger partial charge in [0, 0.05) is 31.4 Å². The highest BCUT2D eigenvalue weighted by Crippen LogP contribution is 2.11. The predicted octanol–water partition coefficient (Wildman–Crippen LogP) is 2.94. The molecule has 0 bridgehead atoms. The number of nitrogens with zero attached hydrogens (tertiary/aromatic N) is 1. The fraction of sp³-hybridized carbons (Fsp3) is 0.391. The molecule has 1 heterocycles. The molecule has 1 aliphatic rings. The van der Waals surface area contributed by atoms with E-state index in [2.05, 4.69) is 39.9 Å². The van der Waals surface area contributed by atoms with E-state index < -0.39 is 0 Å². The summed E-state index contributed by atoms with van der Waals surface area (Å²) in [5.41, 5.74) is 3.32. The first-order valence-electron chi connectivity index (χ1n) is 10.3. The van der Waals surface area contributed by atoms with Gasteiger partial charge in [0.15, 0.2) is 0 Å². The van der Waals surface area contributed by atoms with Gasteiger partial charge in [0.05, 0.1) is 6.54 Å². The van der Waals surface area contributed by atoms with E-state index in [1.54, 1.807) is 0 Å². The molecule has 1 saturated heterocycles. The zero-order valence-corrected chi connectivity index (χ0v) is 17.0. The van der Waals surface area contributed by atoms with Crippen molar-refractivity contribution in [3.63, 3.8) is 0 Å². The van der Waals surface area contributed by atoms with Crippen molar-refractivity contribution in [3.05, 3.63) is 65.7 Å². The van der Waals surface area contributed by atoms with Crippen molar-refractivity contribution in [1.82, 2.24) is 15.5 Å². The van der Waals surface area contributed by atoms with Crippen LogP contribution in [-0.2, 0) is 11.2 Å². The van der Waals surface area contributed by atoms with Crippen LogP contribution in [0.3, 0.4) is 0 Å². The molecule has 3 rings (SSSR count). The Balaban J connectivity index is 1.31. The molecule has 29 heavy (non-hydrogen) atoms. The normalized spacial score (nSPS) is 14.9. The van der Waals surface area contributed by atoms with E-state index in [1.165, 1.54) is 11.1 Å². The van der Waals surface area contributed by atoms with Crippen molar-refractivity contribution in [2.45, 2.75) is 32.2 Å². The molecule has 0 aliphatic carbocycles. The summed E-state index contributed by atoms with van der Waals surface area (Å²) in [6.07, 6.45) is 2.53. The summed E-state index contributed by atoms with van der Waals surface area (Å²) < 4.78 is 0. The molecule has 2 aromatic carbocycles. The molecule has 0 spiro atoms. The molecule has 0 atom stereocenters. The number of hydrogen-bond acceptors (Lipinski definition) is 3. The number of aryl methyl sites for hydroxylation is 1. The summed E-state index contributed by atoms with van der Waals surface area (Å²) >= 11 is 0. The predicted molar refractivity (Wildman–Crippen MR) is 116 cm³/mol. The summed E-state index contributed by atoms with van der Waals surface area (Å²) in [6.45, 7) is 4.69. The number of nitrogens with one attached hydrogen (secondary N) is 3. The molecular formula is C23H30N4O2. The van der Waals surface area contributed by atoms with E-state index in [4.69, 9.17) is 0 Å². The first-order chi connectivity index (χ1) is 14.1. The fourth-order valence-electron chi connectivity index (χ4n) is 3.60. The third-order valence-corrected chi connectivity index (χ3v) is 5.29. The number of para-hydroxylation sites is 1. The third kappa shape index (κ3) is 6.91. The van der Waals surface area contributed by atoms with Gasteiger partial charge in [0.25, 0.3) is 0 Å². The number of piperidine rings is 1. The first kappa shape index (κ1) is 20.9. The average Bonchev–Trinajstić information content (AvgIpc) is 2.71. The van der Waals surface area contributed by atoms with Crippen LogP contribution in [0.25, 0.3) is 0 Å². The molecule has 1 fully saturated rings. The number of benzene rings is 2. The first-order valence-corrected chi connectivity index (χ1v) is 10.3. The summed E-state index contributed by atoms with van der Waals surface area (Å²) in [7, 11) is 0. The van der Waals surface area contributed by atoms with Gasteiger partial charge in [-0.3, -0.25) is 9.69 Å². The Bertz CT molecular complexity index is 802. The average molecular weight is 395 g/mol. The van der Waals surface area contributed by atoms with Crippen molar-refractivity contribution in [2.75, 3.05) is 31.5 Å². The number of carbonyl (C=O) groups excluding carboxylic acids is 2. The highest BCUT2D eigenvalue weighted by molar-refractivity contribution is 5.92. The number of likely N-dealkylation sites (tertiary alicyclic amines) is 1. The largest absolute Gasteiger partial charge is 0.338 e. The molecular weight excluding hydrogens is 364 g/mol. The Hall–Kier alpha value is -2.86. The molecule has 0 radical (unpaired) electrons. The lowest BCUT2D eigenvalue weighted by molar-refractivity contribution is -0.117. The fourth-order valence-corrected chi connectivity index (χ4v) is 3.60. The zero-order chi connectivity index (χ0) is 20.5. The summed E-state index contributed by atoms with van der Waals surface area (Å²) in [5, 5.41) is 8.92. The molecule has 1 aliphatic heterocycles. The minimum atomic E-state index is -0.112. The molecule has 6 nitrogen and oxygen atoms in total. The Morgan fingerprint density at radius 3 is 2.41 bits per heavy atom. The number of rotatable bonds is 7. The minimum absolute atomic E-state index is 0.00319. The van der Waals surface area contributed by atoms with Crippen LogP contribution in [0, 0.1) is 6.92 Å². The summed E-state index contributed by atoms with van der Waals surface area (Å²) in [6, 6.07) is 17.8. The molecule has 3 N–H and O–H groups in total. The van der Waals surface area contributed by atoms with Crippen LogP contribution in [0.5, 0.6) is 0 Å². The van der Waals surface area contributed by atoms with Crippen LogP contribution in [0.1, 0.15) is 24.0 Å². The number of urea groups is 1. The van der Waals surface area contributed by atoms with Crippen molar-refractivity contribution in [1.29, 1.82) is 0 Å². The van der Waals surface area contributed by atoms with Gasteiger partial charge >= 0.3 is 6.03 Å². The second kappa shape index (κ2) is 10.6. The van der Waals surface area contributed by atoms with Gasteiger partial charge in [-0.05, 0) is 49.4 Å². The lowest BCUT2D eigenvalue weighted by atomic mass is 10.1. The second-order valence-corrected chi connectivity index (χ2v) is 7.54. The van der Waals surface area contributed by atoms with Crippen LogP contribution in [0.4, 0.5) is 10.5 Å². The van der Waals surface area contributed by atoms with Crippen LogP contribution in [-0.4, -0.2) is 49.1 Å². The smallest absolute Gasteiger partial charge is 0.315 e. The summed E-state index contributed by atoms with van der Waals surface area (Å²) in [5.74, 6) is -0.00319. The maximum atomic E-state index is 12.2. The van der Waals surface area contributed by atoms with E-state index in [0.717, 1.165) is 38.0 Å². The van der Waals surface area contributed by atoms with Crippen LogP contribution in [0.15, 0.2) is 54.6 Å². The Kier molecular flexibility index (Phi) is 7.64. The van der Waals surface area contributed by atoms with Gasteiger partial charge in [-0.2, -0.15) is 0 Å².